The van der Waals surface area contributed by atoms with Crippen LogP contribution in [0.25, 0.3) is 0 Å². The molecule has 18 heavy (non-hydrogen) atoms. The van der Waals surface area contributed by atoms with Crippen LogP contribution < -0.4 is 0 Å². The number of thiophene rings is 1. The molecule has 0 atom stereocenters. The summed E-state index contributed by atoms with van der Waals surface area (Å²) in [7, 11) is 0. The van der Waals surface area contributed by atoms with Crippen molar-refractivity contribution in [2.24, 2.45) is 0 Å². The quantitative estimate of drug-likeness (QED) is 0.538. The van der Waals surface area contributed by atoms with Gasteiger partial charge in [0, 0.05) is 12.4 Å². The maximum Gasteiger partial charge on any atom is 0.000496 e. The molecule has 2 aromatic heterocycles. The van der Waals surface area contributed by atoms with Gasteiger partial charge in [0.05, 0.1) is 0 Å². The third kappa shape index (κ3) is 36.3. The molecule has 0 saturated heterocycles. The van der Waals surface area contributed by atoms with Crippen LogP contribution in [0.2, 0.25) is 0 Å². The average molecular weight is 272 g/mol. The van der Waals surface area contributed by atoms with Crippen LogP contribution in [0.3, 0.4) is 0 Å². The maximum atomic E-state index is 2.86. The summed E-state index contributed by atoms with van der Waals surface area (Å²) in [5.41, 5.74) is 0. The van der Waals surface area contributed by atoms with Crippen molar-refractivity contribution in [2.45, 2.75) is 55.4 Å². The first-order chi connectivity index (χ1) is 9.00. The summed E-state index contributed by atoms with van der Waals surface area (Å²) in [5.74, 6) is 0. The van der Waals surface area contributed by atoms with Gasteiger partial charge in [0.15, 0.2) is 0 Å². The second-order valence-electron chi connectivity index (χ2n) is 1.68. The van der Waals surface area contributed by atoms with E-state index >= 15 is 0 Å². The average Bonchev–Trinajstić information content (AvgIpc) is 3.25. The molecule has 0 saturated carbocycles. The van der Waals surface area contributed by atoms with Gasteiger partial charge in [0.1, 0.15) is 0 Å². The van der Waals surface area contributed by atoms with E-state index in [1.54, 1.807) is 11.3 Å². The van der Waals surface area contributed by atoms with Crippen molar-refractivity contribution in [2.75, 3.05) is 0 Å². The summed E-state index contributed by atoms with van der Waals surface area (Å²) in [4.78, 5) is 2.86. The molecule has 0 amide bonds. The molecule has 0 spiro atoms. The zero-order valence-corrected chi connectivity index (χ0v) is 14.3. The van der Waals surface area contributed by atoms with Crippen molar-refractivity contribution in [3.63, 3.8) is 0 Å². The van der Waals surface area contributed by atoms with Gasteiger partial charge >= 0.3 is 0 Å². The van der Waals surface area contributed by atoms with Crippen LogP contribution in [-0.4, -0.2) is 4.98 Å². The molecule has 0 unspecified atom stereocenters. The maximum absolute atomic E-state index is 2.86. The Hall–Kier alpha value is -1.02. The van der Waals surface area contributed by atoms with Crippen LogP contribution in [-0.2, 0) is 0 Å². The van der Waals surface area contributed by atoms with Crippen LogP contribution in [0.4, 0.5) is 0 Å². The van der Waals surface area contributed by atoms with Gasteiger partial charge in [-0.25, -0.2) is 0 Å². The molecule has 0 radical (unpaired) electrons. The lowest BCUT2D eigenvalue weighted by Gasteiger charge is -1.49. The second kappa shape index (κ2) is 44.5. The normalized spacial score (nSPS) is 5.78. The van der Waals surface area contributed by atoms with Gasteiger partial charge in [-0.3, -0.25) is 0 Å². The lowest BCUT2D eigenvalue weighted by molar-refractivity contribution is 1.42. The molecule has 0 aromatic carbocycles. The van der Waals surface area contributed by atoms with Crippen molar-refractivity contribution in [1.82, 2.24) is 4.98 Å². The van der Waals surface area contributed by atoms with E-state index in [1.807, 2.05) is 103 Å². The highest BCUT2D eigenvalue weighted by atomic mass is 32.1. The van der Waals surface area contributed by atoms with Gasteiger partial charge in [-0.15, -0.1) is 0 Å². The first-order valence-electron chi connectivity index (χ1n) is 7.05. The van der Waals surface area contributed by atoms with E-state index < -0.39 is 0 Å². The van der Waals surface area contributed by atoms with Crippen molar-refractivity contribution >= 4 is 11.3 Å². The number of nitrogens with one attached hydrogen (secondary N) is 1. The lowest BCUT2D eigenvalue weighted by Crippen LogP contribution is -1.38. The van der Waals surface area contributed by atoms with E-state index in [9.17, 15) is 0 Å². The number of H-pyrrole nitrogens is 1. The minimum atomic E-state index is 1.71. The summed E-state index contributed by atoms with van der Waals surface area (Å²) < 4.78 is 0. The van der Waals surface area contributed by atoms with Crippen LogP contribution in [0.1, 0.15) is 55.4 Å². The van der Waals surface area contributed by atoms with Crippen molar-refractivity contribution < 1.29 is 0 Å². The first kappa shape index (κ1) is 25.7. The Morgan fingerprint density at radius 1 is 0.556 bits per heavy atom. The highest BCUT2D eigenvalue weighted by molar-refractivity contribution is 7.07. The number of rotatable bonds is 0. The zero-order valence-electron chi connectivity index (χ0n) is 13.5. The minimum absolute atomic E-state index is 1.71. The molecule has 2 rings (SSSR count). The van der Waals surface area contributed by atoms with Gasteiger partial charge in [-0.05, 0) is 22.9 Å². The monoisotopic (exact) mass is 271 g/mol. The standard InChI is InChI=1S/C4H5N.C4H4S.4C2H6/c2*1-2-4-5-3-1;4*1-2/h1-5H;1-4H;4*1-2H3. The van der Waals surface area contributed by atoms with Gasteiger partial charge in [0.25, 0.3) is 0 Å². The Balaban J connectivity index is -0.0000000713. The summed E-state index contributed by atoms with van der Waals surface area (Å²) >= 11 is 1.71. The summed E-state index contributed by atoms with van der Waals surface area (Å²) in [6.07, 6.45) is 3.75. The van der Waals surface area contributed by atoms with Gasteiger partial charge in [-0.1, -0.05) is 67.5 Å². The number of aromatic amines is 1. The van der Waals surface area contributed by atoms with Gasteiger partial charge in [0.2, 0.25) is 0 Å². The molecule has 0 aliphatic carbocycles. The van der Waals surface area contributed by atoms with E-state index in [0.717, 1.165) is 0 Å². The summed E-state index contributed by atoms with van der Waals surface area (Å²) in [6.45, 7) is 16.0. The molecule has 2 heteroatoms. The van der Waals surface area contributed by atoms with Crippen LogP contribution in [0.5, 0.6) is 0 Å². The number of hydrogen-bond donors (Lipinski definition) is 1. The molecule has 1 nitrogen and oxygen atoms in total. The molecule has 2 heterocycles. The Morgan fingerprint density at radius 2 is 0.889 bits per heavy atom. The molecule has 1 N–H and O–H groups in total. The van der Waals surface area contributed by atoms with Gasteiger partial charge in [-0.2, -0.15) is 11.3 Å². The molecule has 2 aromatic rings. The lowest BCUT2D eigenvalue weighted by atomic mass is 10.7. The first-order valence-corrected chi connectivity index (χ1v) is 7.99. The van der Waals surface area contributed by atoms with E-state index in [4.69, 9.17) is 0 Å². The molecule has 0 aliphatic rings. The third-order valence-electron chi connectivity index (χ3n) is 0.921. The number of hydrogen-bond acceptors (Lipinski definition) is 1. The summed E-state index contributed by atoms with van der Waals surface area (Å²) in [5, 5.41) is 4.08. The highest BCUT2D eigenvalue weighted by Crippen LogP contribution is 1.91. The number of aromatic nitrogens is 1. The molecule has 0 fully saturated rings. The largest absolute Gasteiger partial charge is 0.368 e. The molecule has 0 aliphatic heterocycles. The van der Waals surface area contributed by atoms with Crippen molar-refractivity contribution in [1.29, 1.82) is 0 Å². The van der Waals surface area contributed by atoms with Crippen LogP contribution in [0, 0.1) is 0 Å². The topological polar surface area (TPSA) is 15.8 Å². The van der Waals surface area contributed by atoms with E-state index in [-0.39, 0.29) is 0 Å². The fourth-order valence-corrected chi connectivity index (χ4v) is 0.958. The smallest absolute Gasteiger partial charge is 0.000496 e. The van der Waals surface area contributed by atoms with Gasteiger partial charge < -0.3 is 4.98 Å². The van der Waals surface area contributed by atoms with E-state index in [0.29, 0.717) is 0 Å². The van der Waals surface area contributed by atoms with Crippen molar-refractivity contribution in [3.05, 3.63) is 47.4 Å². The SMILES string of the molecule is CC.CC.CC.CC.c1cc[nH]c1.c1ccsc1. The fraction of sp³-hybridized carbons (Fsp3) is 0.500. The predicted octanol–water partition coefficient (Wildman–Crippen LogP) is 6.87. The molecule has 0 bridgehead atoms. The Bertz CT molecular complexity index is 150. The Morgan fingerprint density at radius 3 is 1.00 bits per heavy atom. The zero-order chi connectivity index (χ0) is 15.1. The Labute approximate surface area is 119 Å². The predicted molar refractivity (Wildman–Crippen MR) is 90.5 cm³/mol. The van der Waals surface area contributed by atoms with Crippen molar-refractivity contribution in [3.8, 4) is 0 Å². The molecule has 108 valence electrons. The minimum Gasteiger partial charge on any atom is -0.368 e. The van der Waals surface area contributed by atoms with Crippen LogP contribution in [0.15, 0.2) is 47.4 Å². The second-order valence-corrected chi connectivity index (χ2v) is 2.49. The Kier molecular flexibility index (Phi) is 63.6. The molecular formula is C16H33NS. The van der Waals surface area contributed by atoms with Crippen LogP contribution >= 0.6 is 11.3 Å². The van der Waals surface area contributed by atoms with E-state index in [2.05, 4.69) is 4.98 Å². The highest BCUT2D eigenvalue weighted by Gasteiger charge is 1.58. The fourth-order valence-electron chi connectivity index (χ4n) is 0.505. The molecular weight excluding hydrogens is 238 g/mol. The third-order valence-corrected chi connectivity index (χ3v) is 1.55. The summed E-state index contributed by atoms with van der Waals surface area (Å²) in [6, 6.07) is 7.93. The van der Waals surface area contributed by atoms with E-state index in [1.165, 1.54) is 0 Å².